The van der Waals surface area contributed by atoms with Gasteiger partial charge in [-0.1, -0.05) is 0 Å². The summed E-state index contributed by atoms with van der Waals surface area (Å²) in [6.07, 6.45) is 1.48. The summed E-state index contributed by atoms with van der Waals surface area (Å²) in [4.78, 5) is 28.2. The van der Waals surface area contributed by atoms with Crippen LogP contribution in [0.25, 0.3) is 0 Å². The maximum Gasteiger partial charge on any atom is 0.319 e. The molecule has 134 valence electrons. The minimum Gasteiger partial charge on any atom is -0.497 e. The molecule has 0 unspecified atom stereocenters. The number of anilines is 1. The molecular weight excluding hydrogens is 324 g/mol. The minimum absolute atomic E-state index is 0.105. The van der Waals surface area contributed by atoms with Crippen LogP contribution in [-0.4, -0.2) is 36.3 Å². The van der Waals surface area contributed by atoms with Crippen molar-refractivity contribution in [3.8, 4) is 11.5 Å². The van der Waals surface area contributed by atoms with Gasteiger partial charge in [0.25, 0.3) is 5.56 Å². The zero-order valence-corrected chi connectivity index (χ0v) is 14.8. The fraction of sp³-hybridized carbons (Fsp3) is 0.353. The first-order valence-electron chi connectivity index (χ1n) is 7.75. The van der Waals surface area contributed by atoms with Crippen molar-refractivity contribution in [3.63, 3.8) is 0 Å². The molecule has 2 amide bonds. The molecule has 0 aliphatic rings. The molecule has 0 aliphatic heterocycles. The van der Waals surface area contributed by atoms with Crippen molar-refractivity contribution in [2.75, 3.05) is 26.1 Å². The number of methoxy groups -OCH3 is 2. The fourth-order valence-electron chi connectivity index (χ4n) is 2.19. The number of aryl methyl sites for hydroxylation is 1. The van der Waals surface area contributed by atoms with E-state index in [1.807, 2.05) is 0 Å². The molecule has 0 saturated carbocycles. The summed E-state index contributed by atoms with van der Waals surface area (Å²) in [7, 11) is 3.06. The molecule has 2 rings (SSSR count). The van der Waals surface area contributed by atoms with Gasteiger partial charge >= 0.3 is 6.03 Å². The summed E-state index contributed by atoms with van der Waals surface area (Å²) in [6, 6.07) is 4.69. The fourth-order valence-corrected chi connectivity index (χ4v) is 2.19. The molecular formula is C17H22N4O4. The molecule has 0 spiro atoms. The number of benzene rings is 1. The number of carbonyl (C=O) groups excluding carboxylic acids is 1. The zero-order chi connectivity index (χ0) is 18.4. The third-order valence-electron chi connectivity index (χ3n) is 3.81. The van der Waals surface area contributed by atoms with Crippen molar-refractivity contribution in [2.45, 2.75) is 20.4 Å². The molecule has 2 N–H and O–H groups in total. The van der Waals surface area contributed by atoms with Gasteiger partial charge in [0.15, 0.2) is 0 Å². The molecule has 1 aromatic heterocycles. The smallest absolute Gasteiger partial charge is 0.319 e. The van der Waals surface area contributed by atoms with Crippen LogP contribution in [0.15, 0.2) is 29.3 Å². The molecule has 25 heavy (non-hydrogen) atoms. The van der Waals surface area contributed by atoms with Crippen LogP contribution in [0, 0.1) is 13.8 Å². The number of nitrogens with one attached hydrogen (secondary N) is 2. The first kappa shape index (κ1) is 18.3. The number of nitrogens with zero attached hydrogens (tertiary/aromatic N) is 2. The topological polar surface area (TPSA) is 94.5 Å². The molecule has 2 aromatic rings. The van der Waals surface area contributed by atoms with E-state index in [1.165, 1.54) is 18.0 Å². The van der Waals surface area contributed by atoms with Crippen molar-refractivity contribution in [1.82, 2.24) is 14.9 Å². The number of hydrogen-bond donors (Lipinski definition) is 2. The Morgan fingerprint density at radius 1 is 1.24 bits per heavy atom. The molecule has 0 fully saturated rings. The van der Waals surface area contributed by atoms with E-state index in [0.717, 1.165) is 0 Å². The summed E-state index contributed by atoms with van der Waals surface area (Å²) < 4.78 is 11.8. The van der Waals surface area contributed by atoms with Crippen molar-refractivity contribution in [3.05, 3.63) is 46.1 Å². The molecule has 1 heterocycles. The Kier molecular flexibility index (Phi) is 5.99. The highest BCUT2D eigenvalue weighted by Crippen LogP contribution is 2.28. The van der Waals surface area contributed by atoms with Crippen molar-refractivity contribution in [2.24, 2.45) is 0 Å². The average Bonchev–Trinajstić information content (AvgIpc) is 2.62. The Balaban J connectivity index is 1.93. The Morgan fingerprint density at radius 3 is 2.68 bits per heavy atom. The largest absolute Gasteiger partial charge is 0.497 e. The van der Waals surface area contributed by atoms with Gasteiger partial charge in [0, 0.05) is 30.4 Å². The predicted molar refractivity (Wildman–Crippen MR) is 94.5 cm³/mol. The lowest BCUT2D eigenvalue weighted by molar-refractivity contribution is 0.251. The van der Waals surface area contributed by atoms with E-state index in [-0.39, 0.29) is 12.1 Å². The van der Waals surface area contributed by atoms with Crippen LogP contribution in [0.2, 0.25) is 0 Å². The number of urea groups is 1. The summed E-state index contributed by atoms with van der Waals surface area (Å²) in [5.41, 5.74) is 1.73. The van der Waals surface area contributed by atoms with Crippen molar-refractivity contribution >= 4 is 11.7 Å². The van der Waals surface area contributed by atoms with Crippen LogP contribution in [0.1, 0.15) is 11.3 Å². The molecule has 0 radical (unpaired) electrons. The number of ether oxygens (including phenoxy) is 2. The van der Waals surface area contributed by atoms with Gasteiger partial charge in [-0.25, -0.2) is 9.78 Å². The SMILES string of the molecule is COc1ccc(NC(=O)NCCn2cnc(C)c(C)c2=O)c(OC)c1. The standard InChI is InChI=1S/C17H22N4O4/c1-11-12(2)19-10-21(16(11)22)8-7-18-17(23)20-14-6-5-13(24-3)9-15(14)25-4/h5-6,9-10H,7-8H2,1-4H3,(H2,18,20,23). The van der Waals surface area contributed by atoms with E-state index in [0.29, 0.717) is 35.0 Å². The number of carbonyl (C=O) groups is 1. The van der Waals surface area contributed by atoms with Gasteiger partial charge in [-0.2, -0.15) is 0 Å². The zero-order valence-electron chi connectivity index (χ0n) is 14.8. The second-order valence-corrected chi connectivity index (χ2v) is 5.40. The van der Waals surface area contributed by atoms with Crippen LogP contribution in [-0.2, 0) is 6.54 Å². The quantitative estimate of drug-likeness (QED) is 0.830. The molecule has 0 bridgehead atoms. The Bertz CT molecular complexity index is 817. The number of aromatic nitrogens is 2. The molecule has 1 aromatic carbocycles. The van der Waals surface area contributed by atoms with E-state index in [4.69, 9.17) is 9.47 Å². The highest BCUT2D eigenvalue weighted by Gasteiger charge is 2.09. The lowest BCUT2D eigenvalue weighted by Gasteiger charge is -2.13. The predicted octanol–water partition coefficient (Wildman–Crippen LogP) is 1.70. The Morgan fingerprint density at radius 2 is 2.00 bits per heavy atom. The summed E-state index contributed by atoms with van der Waals surface area (Å²) in [5, 5.41) is 5.40. The van der Waals surface area contributed by atoms with Gasteiger partial charge in [-0.3, -0.25) is 9.36 Å². The van der Waals surface area contributed by atoms with Crippen LogP contribution in [0.5, 0.6) is 11.5 Å². The maximum atomic E-state index is 12.1. The Labute approximate surface area is 145 Å². The normalized spacial score (nSPS) is 10.2. The van der Waals surface area contributed by atoms with E-state index < -0.39 is 6.03 Å². The molecule has 0 atom stereocenters. The molecule has 0 aliphatic carbocycles. The lowest BCUT2D eigenvalue weighted by atomic mass is 10.2. The molecule has 8 heteroatoms. The molecule has 0 saturated heterocycles. The van der Waals surface area contributed by atoms with Gasteiger partial charge in [0.05, 0.1) is 26.2 Å². The van der Waals surface area contributed by atoms with E-state index >= 15 is 0 Å². The van der Waals surface area contributed by atoms with Gasteiger partial charge in [-0.15, -0.1) is 0 Å². The first-order chi connectivity index (χ1) is 12.0. The third-order valence-corrected chi connectivity index (χ3v) is 3.81. The second kappa shape index (κ2) is 8.18. The number of rotatable bonds is 6. The van der Waals surface area contributed by atoms with Crippen molar-refractivity contribution < 1.29 is 14.3 Å². The lowest BCUT2D eigenvalue weighted by Crippen LogP contribution is -2.34. The van der Waals surface area contributed by atoms with E-state index in [2.05, 4.69) is 15.6 Å². The van der Waals surface area contributed by atoms with Gasteiger partial charge in [0.2, 0.25) is 0 Å². The maximum absolute atomic E-state index is 12.1. The summed E-state index contributed by atoms with van der Waals surface area (Å²) >= 11 is 0. The minimum atomic E-state index is -0.395. The monoisotopic (exact) mass is 346 g/mol. The van der Waals surface area contributed by atoms with Gasteiger partial charge in [-0.05, 0) is 26.0 Å². The third kappa shape index (κ3) is 4.50. The van der Waals surface area contributed by atoms with Gasteiger partial charge in [0.1, 0.15) is 11.5 Å². The average molecular weight is 346 g/mol. The van der Waals surface area contributed by atoms with E-state index in [9.17, 15) is 9.59 Å². The second-order valence-electron chi connectivity index (χ2n) is 5.40. The number of hydrogen-bond acceptors (Lipinski definition) is 5. The van der Waals surface area contributed by atoms with Crippen LogP contribution >= 0.6 is 0 Å². The first-order valence-corrected chi connectivity index (χ1v) is 7.75. The highest BCUT2D eigenvalue weighted by atomic mass is 16.5. The van der Waals surface area contributed by atoms with E-state index in [1.54, 1.807) is 39.2 Å². The summed E-state index contributed by atoms with van der Waals surface area (Å²) in [6.45, 7) is 4.14. The van der Waals surface area contributed by atoms with Crippen molar-refractivity contribution in [1.29, 1.82) is 0 Å². The van der Waals surface area contributed by atoms with Crippen LogP contribution in [0.4, 0.5) is 10.5 Å². The molecule has 8 nitrogen and oxygen atoms in total. The van der Waals surface area contributed by atoms with Crippen LogP contribution < -0.4 is 25.7 Å². The van der Waals surface area contributed by atoms with Gasteiger partial charge < -0.3 is 20.1 Å². The summed E-state index contributed by atoms with van der Waals surface area (Å²) in [5.74, 6) is 1.12. The van der Waals surface area contributed by atoms with Crippen LogP contribution in [0.3, 0.4) is 0 Å². The number of amides is 2. The highest BCUT2D eigenvalue weighted by molar-refractivity contribution is 5.91. The Hall–Kier alpha value is -3.03.